The molecule has 0 saturated carbocycles. The third-order valence-corrected chi connectivity index (χ3v) is 4.50. The molecule has 20 heavy (non-hydrogen) atoms. The van der Waals surface area contributed by atoms with Crippen LogP contribution in [0.25, 0.3) is 6.08 Å². The number of hydrogen-bond donors (Lipinski definition) is 0. The summed E-state index contributed by atoms with van der Waals surface area (Å²) in [4.78, 5) is 17.1. The molecule has 0 N–H and O–H groups in total. The maximum Gasteiger partial charge on any atom is 0.363 e. The van der Waals surface area contributed by atoms with E-state index in [4.69, 9.17) is 4.74 Å². The molecular formula is C15H10BrNO2S. The van der Waals surface area contributed by atoms with Crippen LogP contribution < -0.4 is 0 Å². The molecule has 0 aliphatic carbocycles. The van der Waals surface area contributed by atoms with Gasteiger partial charge in [0.15, 0.2) is 5.70 Å². The maximum absolute atomic E-state index is 11.9. The van der Waals surface area contributed by atoms with Crippen LogP contribution >= 0.6 is 27.3 Å². The summed E-state index contributed by atoms with van der Waals surface area (Å²) in [6.07, 6.45) is 1.74. The van der Waals surface area contributed by atoms with E-state index in [0.717, 1.165) is 20.5 Å². The second kappa shape index (κ2) is 5.34. The molecule has 100 valence electrons. The van der Waals surface area contributed by atoms with E-state index in [-0.39, 0.29) is 0 Å². The number of aliphatic imine (C=N–C) groups is 1. The molecule has 0 fully saturated rings. The highest BCUT2D eigenvalue weighted by Gasteiger charge is 2.25. The number of thiophene rings is 1. The first-order chi connectivity index (χ1) is 9.63. The van der Waals surface area contributed by atoms with Crippen LogP contribution in [-0.4, -0.2) is 11.9 Å². The lowest BCUT2D eigenvalue weighted by Crippen LogP contribution is -2.06. The van der Waals surface area contributed by atoms with Crippen LogP contribution in [0.3, 0.4) is 0 Å². The Hall–Kier alpha value is -1.72. The minimum atomic E-state index is -0.409. The summed E-state index contributed by atoms with van der Waals surface area (Å²) in [5.74, 6) is -0.0391. The van der Waals surface area contributed by atoms with Gasteiger partial charge in [-0.2, -0.15) is 0 Å². The zero-order chi connectivity index (χ0) is 14.1. The van der Waals surface area contributed by atoms with Gasteiger partial charge in [-0.15, -0.1) is 11.3 Å². The van der Waals surface area contributed by atoms with Crippen molar-refractivity contribution in [3.8, 4) is 0 Å². The van der Waals surface area contributed by atoms with E-state index in [0.29, 0.717) is 11.6 Å². The molecule has 1 aromatic heterocycles. The van der Waals surface area contributed by atoms with Crippen molar-refractivity contribution in [3.63, 3.8) is 0 Å². The molecule has 5 heteroatoms. The normalized spacial score (nSPS) is 16.4. The van der Waals surface area contributed by atoms with Gasteiger partial charge in [0.2, 0.25) is 5.90 Å². The van der Waals surface area contributed by atoms with Crippen molar-refractivity contribution in [3.05, 3.63) is 61.9 Å². The Morgan fingerprint density at radius 2 is 2.15 bits per heavy atom. The van der Waals surface area contributed by atoms with Crippen LogP contribution in [0, 0.1) is 6.92 Å². The summed E-state index contributed by atoms with van der Waals surface area (Å²) in [6, 6.07) is 9.63. The fourth-order valence-corrected chi connectivity index (χ4v) is 3.25. The number of aryl methyl sites for hydroxylation is 1. The second-order valence-electron chi connectivity index (χ2n) is 4.32. The summed E-state index contributed by atoms with van der Waals surface area (Å²) >= 11 is 4.92. The molecule has 0 amide bonds. The van der Waals surface area contributed by atoms with Crippen LogP contribution in [0.1, 0.15) is 16.0 Å². The van der Waals surface area contributed by atoms with Gasteiger partial charge in [-0.25, -0.2) is 9.79 Å². The number of cyclic esters (lactones) is 1. The van der Waals surface area contributed by atoms with Crippen molar-refractivity contribution in [1.82, 2.24) is 0 Å². The van der Waals surface area contributed by atoms with Gasteiger partial charge in [-0.3, -0.25) is 0 Å². The lowest BCUT2D eigenvalue weighted by atomic mass is 10.1. The number of hydrogen-bond acceptors (Lipinski definition) is 4. The average Bonchev–Trinajstić information content (AvgIpc) is 2.98. The molecule has 0 bridgehead atoms. The highest BCUT2D eigenvalue weighted by atomic mass is 79.9. The number of esters is 1. The summed E-state index contributed by atoms with van der Waals surface area (Å²) < 4.78 is 6.25. The SMILES string of the molecule is Cc1ccccc1C1=N/C(=C\c2cc(Br)cs2)C(=O)O1. The van der Waals surface area contributed by atoms with Crippen molar-refractivity contribution < 1.29 is 9.53 Å². The first-order valence-electron chi connectivity index (χ1n) is 5.96. The zero-order valence-corrected chi connectivity index (χ0v) is 13.0. The average molecular weight is 348 g/mol. The quantitative estimate of drug-likeness (QED) is 0.604. The van der Waals surface area contributed by atoms with E-state index in [1.807, 2.05) is 42.6 Å². The maximum atomic E-state index is 11.9. The predicted octanol–water partition coefficient (Wildman–Crippen LogP) is 4.16. The van der Waals surface area contributed by atoms with E-state index >= 15 is 0 Å². The number of nitrogens with zero attached hydrogens (tertiary/aromatic N) is 1. The number of ether oxygens (including phenoxy) is 1. The second-order valence-corrected chi connectivity index (χ2v) is 6.18. The molecule has 0 radical (unpaired) electrons. The summed E-state index contributed by atoms with van der Waals surface area (Å²) in [7, 11) is 0. The summed E-state index contributed by atoms with van der Waals surface area (Å²) in [5.41, 5.74) is 2.20. The van der Waals surface area contributed by atoms with Gasteiger partial charge in [-0.05, 0) is 46.6 Å². The van der Waals surface area contributed by atoms with Crippen LogP contribution in [-0.2, 0) is 9.53 Å². The molecule has 1 aliphatic heterocycles. The first kappa shape index (κ1) is 13.3. The monoisotopic (exact) mass is 347 g/mol. The highest BCUT2D eigenvalue weighted by molar-refractivity contribution is 9.10. The van der Waals surface area contributed by atoms with Gasteiger partial charge in [0, 0.05) is 20.3 Å². The Morgan fingerprint density at radius 1 is 1.35 bits per heavy atom. The standard InChI is InChI=1S/C15H10BrNO2S/c1-9-4-2-3-5-12(9)14-17-13(15(18)19-14)7-11-6-10(16)8-20-11/h2-8H,1H3/b13-7-. The topological polar surface area (TPSA) is 38.7 Å². The van der Waals surface area contributed by atoms with Crippen LogP contribution in [0.4, 0.5) is 0 Å². The number of halogens is 1. The Morgan fingerprint density at radius 3 is 2.85 bits per heavy atom. The molecule has 1 aromatic carbocycles. The van der Waals surface area contributed by atoms with E-state index in [2.05, 4.69) is 20.9 Å². The Balaban J connectivity index is 1.97. The zero-order valence-electron chi connectivity index (χ0n) is 10.6. The Bertz CT molecular complexity index is 746. The molecule has 0 spiro atoms. The minimum absolute atomic E-state index is 0.331. The van der Waals surface area contributed by atoms with Crippen molar-refractivity contribution in [1.29, 1.82) is 0 Å². The Kier molecular flexibility index (Phi) is 3.54. The molecule has 3 rings (SSSR count). The third-order valence-electron chi connectivity index (χ3n) is 2.86. The van der Waals surface area contributed by atoms with Crippen LogP contribution in [0.2, 0.25) is 0 Å². The highest BCUT2D eigenvalue weighted by Crippen LogP contribution is 2.25. The molecule has 1 aliphatic rings. The van der Waals surface area contributed by atoms with Crippen LogP contribution in [0.15, 0.2) is 50.9 Å². The lowest BCUT2D eigenvalue weighted by molar-refractivity contribution is -0.129. The number of carbonyl (C=O) groups is 1. The van der Waals surface area contributed by atoms with E-state index in [1.165, 1.54) is 11.3 Å². The molecule has 3 nitrogen and oxygen atoms in total. The molecule has 0 saturated heterocycles. The van der Waals surface area contributed by atoms with Gasteiger partial charge in [0.05, 0.1) is 0 Å². The minimum Gasteiger partial charge on any atom is -0.402 e. The largest absolute Gasteiger partial charge is 0.402 e. The predicted molar refractivity (Wildman–Crippen MR) is 83.8 cm³/mol. The van der Waals surface area contributed by atoms with E-state index < -0.39 is 5.97 Å². The number of carbonyl (C=O) groups excluding carboxylic acids is 1. The molecule has 2 heterocycles. The van der Waals surface area contributed by atoms with Gasteiger partial charge < -0.3 is 4.74 Å². The molecule has 2 aromatic rings. The smallest absolute Gasteiger partial charge is 0.363 e. The van der Waals surface area contributed by atoms with Crippen molar-refractivity contribution in [2.24, 2.45) is 4.99 Å². The fraction of sp³-hybridized carbons (Fsp3) is 0.0667. The first-order valence-corrected chi connectivity index (χ1v) is 7.63. The molecule has 0 unspecified atom stereocenters. The summed E-state index contributed by atoms with van der Waals surface area (Å²) in [5, 5.41) is 1.96. The Labute approximate surface area is 128 Å². The van der Waals surface area contributed by atoms with E-state index in [9.17, 15) is 4.79 Å². The van der Waals surface area contributed by atoms with Gasteiger partial charge in [0.25, 0.3) is 0 Å². The third kappa shape index (κ3) is 2.59. The molecule has 0 atom stereocenters. The summed E-state index contributed by atoms with van der Waals surface area (Å²) in [6.45, 7) is 1.96. The van der Waals surface area contributed by atoms with E-state index in [1.54, 1.807) is 6.08 Å². The molecular weight excluding hydrogens is 338 g/mol. The number of benzene rings is 1. The number of rotatable bonds is 2. The lowest BCUT2D eigenvalue weighted by Gasteiger charge is -2.02. The van der Waals surface area contributed by atoms with Gasteiger partial charge in [-0.1, -0.05) is 18.2 Å². The van der Waals surface area contributed by atoms with Gasteiger partial charge in [0.1, 0.15) is 0 Å². The fourth-order valence-electron chi connectivity index (χ4n) is 1.88. The van der Waals surface area contributed by atoms with Crippen LogP contribution in [0.5, 0.6) is 0 Å². The van der Waals surface area contributed by atoms with Gasteiger partial charge >= 0.3 is 5.97 Å². The van der Waals surface area contributed by atoms with Crippen molar-refractivity contribution in [2.45, 2.75) is 6.92 Å². The van der Waals surface area contributed by atoms with Crippen molar-refractivity contribution >= 4 is 45.2 Å². The van der Waals surface area contributed by atoms with Crippen molar-refractivity contribution in [2.75, 3.05) is 0 Å².